The molecule has 3 aromatic heterocycles. The van der Waals surface area contributed by atoms with Crippen LogP contribution < -0.4 is 11.4 Å². The maximum atomic E-state index is 12.7. The summed E-state index contributed by atoms with van der Waals surface area (Å²) in [5, 5.41) is 4.19. The molecule has 0 saturated carbocycles. The van der Waals surface area contributed by atoms with E-state index < -0.39 is 0 Å². The van der Waals surface area contributed by atoms with E-state index in [2.05, 4.69) is 10.1 Å². The molecule has 0 spiro atoms. The van der Waals surface area contributed by atoms with Crippen molar-refractivity contribution in [2.24, 2.45) is 5.73 Å². The second-order valence-electron chi connectivity index (χ2n) is 5.97. The molecule has 0 aliphatic rings. The van der Waals surface area contributed by atoms with Crippen molar-refractivity contribution in [3.8, 4) is 11.1 Å². The molecule has 0 fully saturated rings. The molecule has 0 aliphatic heterocycles. The molecule has 8 heteroatoms. The number of ketones is 1. The lowest BCUT2D eigenvalue weighted by Crippen LogP contribution is -2.23. The number of nitrogens with two attached hydrogens (primary N) is 1. The molecule has 0 aliphatic carbocycles. The quantitative estimate of drug-likeness (QED) is 0.723. The zero-order chi connectivity index (χ0) is 18.7. The van der Waals surface area contributed by atoms with E-state index in [9.17, 15) is 14.0 Å². The van der Waals surface area contributed by atoms with Crippen LogP contribution in [-0.2, 0) is 17.8 Å². The van der Waals surface area contributed by atoms with Gasteiger partial charge in [-0.3, -0.25) is 9.78 Å². The molecule has 26 heavy (non-hydrogen) atoms. The zero-order valence-electron chi connectivity index (χ0n) is 14.2. The SMILES string of the molecule is CC(=O)Cc1cc(-c2ccc3nn(C/C(=C/F)CN)c(=O)n3c2)ccn1. The summed E-state index contributed by atoms with van der Waals surface area (Å²) in [7, 11) is 0. The van der Waals surface area contributed by atoms with Gasteiger partial charge in [-0.1, -0.05) is 0 Å². The number of fused-ring (bicyclic) bond motifs is 1. The lowest BCUT2D eigenvalue weighted by molar-refractivity contribution is -0.116. The minimum Gasteiger partial charge on any atom is -0.327 e. The maximum absolute atomic E-state index is 12.7. The Bertz CT molecular complexity index is 1050. The Morgan fingerprint density at radius 1 is 1.31 bits per heavy atom. The van der Waals surface area contributed by atoms with Gasteiger partial charge in [-0.25, -0.2) is 18.3 Å². The summed E-state index contributed by atoms with van der Waals surface area (Å²) in [6, 6.07) is 7.16. The fraction of sp³-hybridized carbons (Fsp3) is 0.222. The molecular weight excluding hydrogens is 337 g/mol. The summed E-state index contributed by atoms with van der Waals surface area (Å²) >= 11 is 0. The summed E-state index contributed by atoms with van der Waals surface area (Å²) in [5.41, 5.74) is 8.07. The number of rotatable bonds is 6. The molecular formula is C18H18FN5O2. The second kappa shape index (κ2) is 7.40. The second-order valence-corrected chi connectivity index (χ2v) is 5.97. The standard InChI is InChI=1S/C18H18FN5O2/c1-12(25)6-16-7-14(4-5-21-16)15-2-3-17-22-24(10-13(8-19)9-20)18(26)23(17)11-15/h2-5,7-8,11H,6,9-10,20H2,1H3/b13-8+. The Kier molecular flexibility index (Phi) is 5.04. The number of halogens is 1. The number of hydrogen-bond acceptors (Lipinski definition) is 5. The largest absolute Gasteiger partial charge is 0.350 e. The van der Waals surface area contributed by atoms with Gasteiger partial charge >= 0.3 is 5.69 Å². The molecule has 0 atom stereocenters. The Morgan fingerprint density at radius 3 is 2.81 bits per heavy atom. The number of pyridine rings is 2. The summed E-state index contributed by atoms with van der Waals surface area (Å²) in [6.07, 6.45) is 3.94. The number of Topliss-reactive ketones (excluding diaryl/α,β-unsaturated/α-hetero) is 1. The van der Waals surface area contributed by atoms with Gasteiger partial charge in [-0.05, 0) is 47.9 Å². The Hall–Kier alpha value is -3.13. The van der Waals surface area contributed by atoms with Crippen molar-refractivity contribution in [2.45, 2.75) is 19.9 Å². The molecule has 134 valence electrons. The van der Waals surface area contributed by atoms with Gasteiger partial charge in [-0.2, -0.15) is 0 Å². The van der Waals surface area contributed by atoms with Gasteiger partial charge in [0.25, 0.3) is 0 Å². The fourth-order valence-corrected chi connectivity index (χ4v) is 2.64. The maximum Gasteiger partial charge on any atom is 0.350 e. The highest BCUT2D eigenvalue weighted by molar-refractivity contribution is 5.78. The van der Waals surface area contributed by atoms with Gasteiger partial charge in [0.05, 0.1) is 12.9 Å². The van der Waals surface area contributed by atoms with Crippen molar-refractivity contribution in [2.75, 3.05) is 6.54 Å². The molecule has 0 aromatic carbocycles. The monoisotopic (exact) mass is 355 g/mol. The molecule has 0 amide bonds. The first-order valence-corrected chi connectivity index (χ1v) is 8.04. The number of aromatic nitrogens is 4. The van der Waals surface area contributed by atoms with Crippen molar-refractivity contribution in [3.63, 3.8) is 0 Å². The van der Waals surface area contributed by atoms with E-state index in [1.807, 2.05) is 12.1 Å². The van der Waals surface area contributed by atoms with Crippen LogP contribution >= 0.6 is 0 Å². The molecule has 3 heterocycles. The summed E-state index contributed by atoms with van der Waals surface area (Å²) in [5.74, 6) is 0.0271. The molecule has 0 radical (unpaired) electrons. The average Bonchev–Trinajstić information content (AvgIpc) is 2.94. The van der Waals surface area contributed by atoms with Crippen molar-refractivity contribution in [1.29, 1.82) is 0 Å². The van der Waals surface area contributed by atoms with E-state index in [0.29, 0.717) is 17.7 Å². The highest BCUT2D eigenvalue weighted by atomic mass is 19.1. The topological polar surface area (TPSA) is 95.3 Å². The van der Waals surface area contributed by atoms with Gasteiger partial charge < -0.3 is 5.73 Å². The lowest BCUT2D eigenvalue weighted by atomic mass is 10.1. The van der Waals surface area contributed by atoms with Crippen LogP contribution in [0.3, 0.4) is 0 Å². The smallest absolute Gasteiger partial charge is 0.327 e. The molecule has 3 rings (SSSR count). The number of nitrogens with zero attached hydrogens (tertiary/aromatic N) is 4. The van der Waals surface area contributed by atoms with Crippen molar-refractivity contribution in [1.82, 2.24) is 19.2 Å². The summed E-state index contributed by atoms with van der Waals surface area (Å²) in [6.45, 7) is 1.52. The van der Waals surface area contributed by atoms with Crippen LogP contribution in [-0.4, -0.2) is 31.5 Å². The molecule has 0 saturated heterocycles. The third kappa shape index (κ3) is 3.60. The van der Waals surface area contributed by atoms with Gasteiger partial charge in [0.15, 0.2) is 5.65 Å². The molecule has 0 unspecified atom stereocenters. The lowest BCUT2D eigenvalue weighted by Gasteiger charge is -2.04. The molecule has 7 nitrogen and oxygen atoms in total. The molecule has 2 N–H and O–H groups in total. The normalized spacial score (nSPS) is 11.9. The first-order chi connectivity index (χ1) is 12.5. The summed E-state index contributed by atoms with van der Waals surface area (Å²) < 4.78 is 15.3. The van der Waals surface area contributed by atoms with Crippen LogP contribution in [0.5, 0.6) is 0 Å². The zero-order valence-corrected chi connectivity index (χ0v) is 14.2. The number of carbonyl (C=O) groups excluding carboxylic acids is 1. The molecule has 0 bridgehead atoms. The Morgan fingerprint density at radius 2 is 2.12 bits per heavy atom. The van der Waals surface area contributed by atoms with Crippen molar-refractivity contribution < 1.29 is 9.18 Å². The van der Waals surface area contributed by atoms with Gasteiger partial charge in [0.1, 0.15) is 5.78 Å². The number of carbonyl (C=O) groups is 1. The minimum absolute atomic E-state index is 0.000857. The van der Waals surface area contributed by atoms with Gasteiger partial charge in [0, 0.05) is 31.1 Å². The third-order valence-corrected chi connectivity index (χ3v) is 3.93. The Labute approximate surface area is 148 Å². The van der Waals surface area contributed by atoms with E-state index in [0.717, 1.165) is 11.1 Å². The van der Waals surface area contributed by atoms with Crippen molar-refractivity contribution >= 4 is 11.4 Å². The fourth-order valence-electron chi connectivity index (χ4n) is 2.64. The average molecular weight is 355 g/mol. The van der Waals surface area contributed by atoms with Crippen LogP contribution in [0, 0.1) is 0 Å². The summed E-state index contributed by atoms with van der Waals surface area (Å²) in [4.78, 5) is 28.0. The highest BCUT2D eigenvalue weighted by Gasteiger charge is 2.10. The first kappa shape index (κ1) is 17.7. The van der Waals surface area contributed by atoms with Crippen LogP contribution in [0.25, 0.3) is 16.8 Å². The predicted molar refractivity (Wildman–Crippen MR) is 95.3 cm³/mol. The Balaban J connectivity index is 2.01. The van der Waals surface area contributed by atoms with Crippen LogP contribution in [0.15, 0.2) is 53.4 Å². The van der Waals surface area contributed by atoms with Crippen LogP contribution in [0.1, 0.15) is 12.6 Å². The van der Waals surface area contributed by atoms with E-state index in [1.54, 1.807) is 24.5 Å². The van der Waals surface area contributed by atoms with Crippen LogP contribution in [0.2, 0.25) is 0 Å². The van der Waals surface area contributed by atoms with Gasteiger partial charge in [0.2, 0.25) is 0 Å². The van der Waals surface area contributed by atoms with Crippen molar-refractivity contribution in [3.05, 3.63) is 64.7 Å². The molecule has 3 aromatic rings. The minimum atomic E-state index is -0.382. The van der Waals surface area contributed by atoms with Gasteiger partial charge in [-0.15, -0.1) is 5.10 Å². The van der Waals surface area contributed by atoms with E-state index in [4.69, 9.17) is 5.73 Å². The van der Waals surface area contributed by atoms with E-state index in [1.165, 1.54) is 16.0 Å². The first-order valence-electron chi connectivity index (χ1n) is 8.04. The van der Waals surface area contributed by atoms with E-state index >= 15 is 0 Å². The number of hydrogen-bond donors (Lipinski definition) is 1. The third-order valence-electron chi connectivity index (χ3n) is 3.93. The van der Waals surface area contributed by atoms with E-state index in [-0.39, 0.29) is 36.6 Å². The highest BCUT2D eigenvalue weighted by Crippen LogP contribution is 2.20. The van der Waals surface area contributed by atoms with Crippen LogP contribution in [0.4, 0.5) is 4.39 Å². The predicted octanol–water partition coefficient (Wildman–Crippen LogP) is 1.50.